The number of para-hydroxylation sites is 1. The molecular weight excluding hydrogens is 467 g/mol. The van der Waals surface area contributed by atoms with Crippen LogP contribution < -0.4 is 20.1 Å². The first kappa shape index (κ1) is 23.9. The van der Waals surface area contributed by atoms with Crippen molar-refractivity contribution in [1.29, 1.82) is 0 Å². The van der Waals surface area contributed by atoms with E-state index in [9.17, 15) is 0 Å². The van der Waals surface area contributed by atoms with Gasteiger partial charge < -0.3 is 25.0 Å². The van der Waals surface area contributed by atoms with Crippen LogP contribution in [0.4, 0.5) is 5.69 Å². The van der Waals surface area contributed by atoms with Crippen molar-refractivity contribution in [2.75, 3.05) is 46.7 Å². The van der Waals surface area contributed by atoms with E-state index in [1.807, 2.05) is 43.4 Å². The highest BCUT2D eigenvalue weighted by atomic mass is 127. The Morgan fingerprint density at radius 1 is 1.04 bits per heavy atom. The maximum Gasteiger partial charge on any atom is 0.193 e. The van der Waals surface area contributed by atoms with Crippen LogP contribution in [0.3, 0.4) is 0 Å². The molecular formula is C21H31IN4O2. The number of hydrogen-bond donors (Lipinski definition) is 2. The zero-order valence-corrected chi connectivity index (χ0v) is 19.4. The van der Waals surface area contributed by atoms with Crippen molar-refractivity contribution >= 4 is 35.6 Å². The second-order valence-corrected chi connectivity index (χ2v) is 6.15. The lowest BCUT2D eigenvalue weighted by atomic mass is 10.2. The lowest BCUT2D eigenvalue weighted by molar-refractivity contribution is 0.382. The van der Waals surface area contributed by atoms with Crippen LogP contribution in [0.25, 0.3) is 0 Å². The molecule has 2 N–H and O–H groups in total. The fourth-order valence-corrected chi connectivity index (χ4v) is 2.77. The van der Waals surface area contributed by atoms with Gasteiger partial charge in [0.2, 0.25) is 0 Å². The maximum absolute atomic E-state index is 5.48. The SMILES string of the molecule is CN=C(NCCCNc1ccccc1)N(C)Cc1ccc(OC)cc1OC.I. The minimum absolute atomic E-state index is 0. The van der Waals surface area contributed by atoms with Crippen LogP contribution in [0.2, 0.25) is 0 Å². The Balaban J connectivity index is 0.00000392. The molecule has 2 aromatic carbocycles. The monoisotopic (exact) mass is 498 g/mol. The molecule has 0 radical (unpaired) electrons. The van der Waals surface area contributed by atoms with Gasteiger partial charge in [0.05, 0.1) is 14.2 Å². The van der Waals surface area contributed by atoms with E-state index in [2.05, 4.69) is 32.7 Å². The average Bonchev–Trinajstić information content (AvgIpc) is 2.71. The van der Waals surface area contributed by atoms with Crippen molar-refractivity contribution < 1.29 is 9.47 Å². The standard InChI is InChI=1S/C21H30N4O2.HI/c1-22-21(24-14-8-13-23-18-9-6-5-7-10-18)25(2)16-17-11-12-19(26-3)15-20(17)27-4;/h5-7,9-12,15,23H,8,13-14,16H2,1-4H3,(H,22,24);1H. The molecule has 2 rings (SSSR count). The van der Waals surface area contributed by atoms with Crippen LogP contribution in [0.1, 0.15) is 12.0 Å². The van der Waals surface area contributed by atoms with Gasteiger partial charge in [0.15, 0.2) is 5.96 Å². The molecule has 28 heavy (non-hydrogen) atoms. The molecule has 0 saturated carbocycles. The van der Waals surface area contributed by atoms with Crippen LogP contribution >= 0.6 is 24.0 Å². The zero-order chi connectivity index (χ0) is 19.5. The van der Waals surface area contributed by atoms with Crippen LogP contribution in [-0.2, 0) is 6.54 Å². The second kappa shape index (κ2) is 13.1. The molecule has 0 amide bonds. The fourth-order valence-electron chi connectivity index (χ4n) is 2.77. The van der Waals surface area contributed by atoms with Crippen molar-refractivity contribution in [1.82, 2.24) is 10.2 Å². The Labute approximate surface area is 185 Å². The highest BCUT2D eigenvalue weighted by Crippen LogP contribution is 2.25. The lowest BCUT2D eigenvalue weighted by Gasteiger charge is -2.23. The van der Waals surface area contributed by atoms with Gasteiger partial charge in [0, 0.05) is 51.0 Å². The number of halogens is 1. The molecule has 0 saturated heterocycles. The van der Waals surface area contributed by atoms with Gasteiger partial charge in [0.1, 0.15) is 11.5 Å². The van der Waals surface area contributed by atoms with E-state index in [-0.39, 0.29) is 24.0 Å². The third-order valence-electron chi connectivity index (χ3n) is 4.21. The molecule has 0 unspecified atom stereocenters. The summed E-state index contributed by atoms with van der Waals surface area (Å²) in [6.07, 6.45) is 0.994. The maximum atomic E-state index is 5.48. The average molecular weight is 498 g/mol. The first-order chi connectivity index (χ1) is 13.2. The molecule has 2 aromatic rings. The van der Waals surface area contributed by atoms with Crippen LogP contribution in [-0.4, -0.2) is 52.3 Å². The van der Waals surface area contributed by atoms with E-state index >= 15 is 0 Å². The largest absolute Gasteiger partial charge is 0.497 e. The number of anilines is 1. The number of rotatable bonds is 9. The van der Waals surface area contributed by atoms with Gasteiger partial charge in [-0.1, -0.05) is 18.2 Å². The third-order valence-corrected chi connectivity index (χ3v) is 4.21. The summed E-state index contributed by atoms with van der Waals surface area (Å²) in [7, 11) is 7.14. The van der Waals surface area contributed by atoms with Gasteiger partial charge in [-0.3, -0.25) is 4.99 Å². The Hall–Kier alpha value is -2.16. The van der Waals surface area contributed by atoms with E-state index in [4.69, 9.17) is 9.47 Å². The van der Waals surface area contributed by atoms with Gasteiger partial charge in [-0.05, 0) is 30.7 Å². The molecule has 0 atom stereocenters. The highest BCUT2D eigenvalue weighted by Gasteiger charge is 2.11. The molecule has 0 aliphatic carbocycles. The predicted octanol–water partition coefficient (Wildman–Crippen LogP) is 3.83. The Morgan fingerprint density at radius 3 is 2.43 bits per heavy atom. The molecule has 0 heterocycles. The summed E-state index contributed by atoms with van der Waals surface area (Å²) in [6.45, 7) is 2.44. The highest BCUT2D eigenvalue weighted by molar-refractivity contribution is 14.0. The van der Waals surface area contributed by atoms with Crippen LogP contribution in [0.15, 0.2) is 53.5 Å². The fraction of sp³-hybridized carbons (Fsp3) is 0.381. The van der Waals surface area contributed by atoms with Crippen molar-refractivity contribution in [3.8, 4) is 11.5 Å². The molecule has 0 aliphatic rings. The summed E-state index contributed by atoms with van der Waals surface area (Å²) in [5, 5.41) is 6.82. The number of guanidine groups is 1. The van der Waals surface area contributed by atoms with Gasteiger partial charge in [-0.2, -0.15) is 0 Å². The van der Waals surface area contributed by atoms with Crippen molar-refractivity contribution in [2.24, 2.45) is 4.99 Å². The van der Waals surface area contributed by atoms with E-state index in [0.29, 0.717) is 6.54 Å². The number of hydrogen-bond acceptors (Lipinski definition) is 4. The zero-order valence-electron chi connectivity index (χ0n) is 17.1. The molecule has 0 spiro atoms. The molecule has 0 fully saturated rings. The number of nitrogens with one attached hydrogen (secondary N) is 2. The Morgan fingerprint density at radius 2 is 1.79 bits per heavy atom. The molecule has 6 nitrogen and oxygen atoms in total. The van der Waals surface area contributed by atoms with Crippen molar-refractivity contribution in [3.05, 3.63) is 54.1 Å². The van der Waals surface area contributed by atoms with E-state index < -0.39 is 0 Å². The van der Waals surface area contributed by atoms with E-state index in [1.165, 1.54) is 0 Å². The lowest BCUT2D eigenvalue weighted by Crippen LogP contribution is -2.39. The normalized spacial score (nSPS) is 10.6. The number of aliphatic imine (C=N–C) groups is 1. The number of ether oxygens (including phenoxy) is 2. The quantitative estimate of drug-likeness (QED) is 0.238. The minimum atomic E-state index is 0. The summed E-state index contributed by atoms with van der Waals surface area (Å²) >= 11 is 0. The summed E-state index contributed by atoms with van der Waals surface area (Å²) in [4.78, 5) is 6.45. The Kier molecular flexibility index (Phi) is 11.2. The minimum Gasteiger partial charge on any atom is -0.497 e. The Bertz CT molecular complexity index is 726. The topological polar surface area (TPSA) is 58.1 Å². The van der Waals surface area contributed by atoms with Gasteiger partial charge in [-0.25, -0.2) is 0 Å². The summed E-state index contributed by atoms with van der Waals surface area (Å²) in [5.41, 5.74) is 2.22. The molecule has 0 aromatic heterocycles. The molecule has 154 valence electrons. The van der Waals surface area contributed by atoms with Crippen molar-refractivity contribution in [2.45, 2.75) is 13.0 Å². The van der Waals surface area contributed by atoms with Crippen LogP contribution in [0.5, 0.6) is 11.5 Å². The van der Waals surface area contributed by atoms with Gasteiger partial charge >= 0.3 is 0 Å². The molecule has 0 bridgehead atoms. The van der Waals surface area contributed by atoms with Crippen molar-refractivity contribution in [3.63, 3.8) is 0 Å². The third kappa shape index (κ3) is 7.46. The number of nitrogens with zero attached hydrogens (tertiary/aromatic N) is 2. The summed E-state index contributed by atoms with van der Waals surface area (Å²) < 4.78 is 10.7. The van der Waals surface area contributed by atoms with Crippen LogP contribution in [0, 0.1) is 0 Å². The second-order valence-electron chi connectivity index (χ2n) is 6.15. The summed E-state index contributed by atoms with van der Waals surface area (Å²) in [6, 6.07) is 16.1. The summed E-state index contributed by atoms with van der Waals surface area (Å²) in [5.74, 6) is 2.45. The van der Waals surface area contributed by atoms with Gasteiger partial charge in [-0.15, -0.1) is 24.0 Å². The number of benzene rings is 2. The van der Waals surface area contributed by atoms with E-state index in [0.717, 1.165) is 48.2 Å². The first-order valence-corrected chi connectivity index (χ1v) is 9.09. The molecule has 7 heteroatoms. The van der Waals surface area contributed by atoms with Gasteiger partial charge in [0.25, 0.3) is 0 Å². The number of methoxy groups -OCH3 is 2. The van der Waals surface area contributed by atoms with E-state index in [1.54, 1.807) is 21.3 Å². The smallest absolute Gasteiger partial charge is 0.193 e. The first-order valence-electron chi connectivity index (χ1n) is 9.09. The molecule has 0 aliphatic heterocycles. The predicted molar refractivity (Wildman–Crippen MR) is 127 cm³/mol.